The van der Waals surface area contributed by atoms with Crippen LogP contribution in [0.25, 0.3) is 44.4 Å². The fraction of sp³-hybridized carbons (Fsp3) is 0.422. The number of hydrogen-bond donors (Lipinski definition) is 4. The Balaban J connectivity index is 1.04. The number of alkyl carbamates (subject to hydrolysis) is 2. The summed E-state index contributed by atoms with van der Waals surface area (Å²) in [5, 5.41) is 7.55. The number of nitrogens with one attached hydrogen (secondary N) is 4. The molecule has 61 heavy (non-hydrogen) atoms. The number of aromatic nitrogens is 4. The average Bonchev–Trinajstić information content (AvgIpc) is 4.10. The lowest BCUT2D eigenvalue weighted by molar-refractivity contribution is -0.137. The lowest BCUT2D eigenvalue weighted by Crippen LogP contribution is -2.54. The van der Waals surface area contributed by atoms with Gasteiger partial charge < -0.3 is 44.6 Å². The number of likely N-dealkylation sites (tertiary alicyclic amines) is 1. The van der Waals surface area contributed by atoms with Crippen molar-refractivity contribution in [2.24, 2.45) is 5.92 Å². The third kappa shape index (κ3) is 9.20. The number of benzene rings is 3. The van der Waals surface area contributed by atoms with Gasteiger partial charge in [-0.2, -0.15) is 0 Å². The van der Waals surface area contributed by atoms with Crippen molar-refractivity contribution < 1.29 is 33.4 Å². The molecule has 0 spiro atoms. The third-order valence-corrected chi connectivity index (χ3v) is 14.7. The van der Waals surface area contributed by atoms with E-state index in [-0.39, 0.29) is 29.8 Å². The molecule has 3 aromatic carbocycles. The number of hydrogen-bond acceptors (Lipinski definition) is 9. The molecule has 7 rings (SSSR count). The molecule has 15 nitrogen and oxygen atoms in total. The van der Waals surface area contributed by atoms with Gasteiger partial charge in [-0.1, -0.05) is 75.5 Å². The number of aromatic amines is 2. The van der Waals surface area contributed by atoms with E-state index in [0.717, 1.165) is 69.1 Å². The zero-order chi connectivity index (χ0) is 43.6. The monoisotopic (exact) mass is 848 g/mol. The number of ether oxygens (including phenoxy) is 3. The maximum Gasteiger partial charge on any atom is 0.407 e. The molecule has 2 aromatic heterocycles. The lowest BCUT2D eigenvalue weighted by Gasteiger charge is -2.31. The number of nitrogens with zero attached hydrogens (tertiary/aromatic N) is 4. The van der Waals surface area contributed by atoms with Crippen molar-refractivity contribution in [3.63, 3.8) is 0 Å². The minimum Gasteiger partial charge on any atom is -0.453 e. The van der Waals surface area contributed by atoms with Gasteiger partial charge in [-0.15, -0.1) is 0 Å². The molecule has 322 valence electrons. The summed E-state index contributed by atoms with van der Waals surface area (Å²) in [6.07, 6.45) is 4.02. The van der Waals surface area contributed by atoms with Gasteiger partial charge in [0.1, 0.15) is 23.7 Å². The van der Waals surface area contributed by atoms with Crippen molar-refractivity contribution in [2.75, 3.05) is 34.0 Å². The third-order valence-electron chi connectivity index (χ3n) is 12.0. The predicted molar refractivity (Wildman–Crippen MR) is 235 cm³/mol. The zero-order valence-corrected chi connectivity index (χ0v) is 37.1. The van der Waals surface area contributed by atoms with E-state index in [9.17, 15) is 19.2 Å². The van der Waals surface area contributed by atoms with Crippen LogP contribution in [-0.4, -0.2) is 114 Å². The van der Waals surface area contributed by atoms with Crippen molar-refractivity contribution in [1.82, 2.24) is 40.4 Å². The molecule has 1 unspecified atom stereocenters. The van der Waals surface area contributed by atoms with Gasteiger partial charge in [0.25, 0.3) is 0 Å². The van der Waals surface area contributed by atoms with E-state index in [4.69, 9.17) is 24.2 Å². The molecule has 2 aliphatic rings. The van der Waals surface area contributed by atoms with Gasteiger partial charge in [0, 0.05) is 25.4 Å². The Morgan fingerprint density at radius 2 is 1.23 bits per heavy atom. The molecule has 5 atom stereocenters. The molecule has 4 heterocycles. The van der Waals surface area contributed by atoms with Gasteiger partial charge in [0.2, 0.25) is 11.8 Å². The summed E-state index contributed by atoms with van der Waals surface area (Å²) < 4.78 is 15.0. The van der Waals surface area contributed by atoms with E-state index in [2.05, 4.69) is 94.4 Å². The molecule has 2 fully saturated rings. The first-order valence-electron chi connectivity index (χ1n) is 20.8. The van der Waals surface area contributed by atoms with Crippen molar-refractivity contribution in [3.05, 3.63) is 84.7 Å². The van der Waals surface area contributed by atoms with Crippen molar-refractivity contribution in [3.8, 4) is 33.6 Å². The van der Waals surface area contributed by atoms with E-state index < -0.39 is 38.4 Å². The second-order valence-electron chi connectivity index (χ2n) is 17.2. The summed E-state index contributed by atoms with van der Waals surface area (Å²) in [7, 11) is 2.28. The van der Waals surface area contributed by atoms with Crippen molar-refractivity contribution in [1.29, 1.82) is 0 Å². The zero-order valence-electron chi connectivity index (χ0n) is 36.1. The molecule has 4 amide bonds. The Labute approximate surface area is 357 Å². The maximum atomic E-state index is 13.9. The summed E-state index contributed by atoms with van der Waals surface area (Å²) >= 11 is 0. The van der Waals surface area contributed by atoms with Gasteiger partial charge in [0.15, 0.2) is 0 Å². The number of carbonyl (C=O) groups excluding carboxylic acids is 4. The molecule has 4 N–H and O–H groups in total. The minimum atomic E-state index is -1.80. The molecule has 0 saturated carbocycles. The molecule has 0 radical (unpaired) electrons. The van der Waals surface area contributed by atoms with Crippen LogP contribution in [0.3, 0.4) is 0 Å². The fourth-order valence-electron chi connectivity index (χ4n) is 8.56. The Hall–Kier alpha value is -6.00. The standard InChI is InChI=1S/C45H56N8O7Si/c1-26(2)38(50-44(56)59-5)42(54)52-19-9-10-36(52)40-46-23-35(49-40)33-18-17-31-20-30(15-16-32(31)21-33)28-11-13-29(14-12-28)34-22-47-41(48-34)37-24-61(7,8)25-53(37)43(55)39(27(3)58-4)51-45(57)60-6/h11-18,20-23,26-27,36-39H,9-10,19,24-25H2,1-8H3,(H,46,49)(H,47,48)(H,50,56)(H,51,57)/t27?,36-,37-,38-,39-/m0/s1. The van der Waals surface area contributed by atoms with E-state index in [0.29, 0.717) is 18.5 Å². The van der Waals surface area contributed by atoms with Crippen LogP contribution in [0.2, 0.25) is 19.1 Å². The van der Waals surface area contributed by atoms with Crippen molar-refractivity contribution in [2.45, 2.75) is 83.0 Å². The molecule has 0 aliphatic carbocycles. The molecule has 2 aliphatic heterocycles. The highest BCUT2D eigenvalue weighted by atomic mass is 28.3. The van der Waals surface area contributed by atoms with Crippen LogP contribution < -0.4 is 10.6 Å². The lowest BCUT2D eigenvalue weighted by atomic mass is 9.98. The number of imidazole rings is 2. The number of amides is 4. The SMILES string of the molecule is COC(=O)N[C@H](C(=O)N1CCC[C@H]1c1ncc(-c2ccc3cc(-c4ccc(-c5cnc([C@@H]6C[Si](C)(C)CN6C(=O)[C@@H](NC(=O)OC)C(C)OC)[nH]5)cc4)ccc3c2)[nH]1)C(C)C. The van der Waals surface area contributed by atoms with Crippen LogP contribution in [0.1, 0.15) is 57.3 Å². The molecule has 0 bridgehead atoms. The summed E-state index contributed by atoms with van der Waals surface area (Å²) in [6.45, 7) is 10.7. The summed E-state index contributed by atoms with van der Waals surface area (Å²) in [6, 6.07) is 19.9. The summed E-state index contributed by atoms with van der Waals surface area (Å²) in [4.78, 5) is 71.8. The Kier molecular flexibility index (Phi) is 12.7. The van der Waals surface area contributed by atoms with Crippen LogP contribution in [0, 0.1) is 5.92 Å². The molecule has 2 saturated heterocycles. The number of fused-ring (bicyclic) bond motifs is 1. The van der Waals surface area contributed by atoms with E-state index in [1.807, 2.05) is 36.0 Å². The van der Waals surface area contributed by atoms with E-state index in [1.54, 1.807) is 6.92 Å². The Morgan fingerprint density at radius 1 is 0.705 bits per heavy atom. The van der Waals surface area contributed by atoms with Gasteiger partial charge in [-0.05, 0) is 71.3 Å². The highest BCUT2D eigenvalue weighted by Gasteiger charge is 2.46. The van der Waals surface area contributed by atoms with Crippen LogP contribution in [0.5, 0.6) is 0 Å². The fourth-order valence-corrected chi connectivity index (χ4v) is 11.4. The highest BCUT2D eigenvalue weighted by molar-refractivity contribution is 6.78. The first-order valence-corrected chi connectivity index (χ1v) is 24.2. The van der Waals surface area contributed by atoms with E-state index >= 15 is 0 Å². The highest BCUT2D eigenvalue weighted by Crippen LogP contribution is 2.39. The van der Waals surface area contributed by atoms with Gasteiger partial charge in [-0.25, -0.2) is 19.6 Å². The second kappa shape index (κ2) is 17.9. The topological polar surface area (TPSA) is 184 Å². The minimum absolute atomic E-state index is 0.109. The first kappa shape index (κ1) is 43.1. The molecular weight excluding hydrogens is 793 g/mol. The molecular formula is C45H56N8O7Si. The summed E-state index contributed by atoms with van der Waals surface area (Å²) in [5.41, 5.74) is 5.83. The van der Waals surface area contributed by atoms with Crippen LogP contribution >= 0.6 is 0 Å². The van der Waals surface area contributed by atoms with Crippen LogP contribution in [0.4, 0.5) is 9.59 Å². The Bertz CT molecular complexity index is 2390. The predicted octanol–water partition coefficient (Wildman–Crippen LogP) is 7.22. The quantitative estimate of drug-likeness (QED) is 0.0942. The first-order chi connectivity index (χ1) is 29.2. The summed E-state index contributed by atoms with van der Waals surface area (Å²) in [5.74, 6) is 0.971. The second-order valence-corrected chi connectivity index (χ2v) is 22.2. The van der Waals surface area contributed by atoms with E-state index in [1.165, 1.54) is 21.3 Å². The number of rotatable bonds is 12. The number of carbonyl (C=O) groups is 4. The van der Waals surface area contributed by atoms with Crippen LogP contribution in [0.15, 0.2) is 73.1 Å². The van der Waals surface area contributed by atoms with Gasteiger partial charge >= 0.3 is 12.2 Å². The van der Waals surface area contributed by atoms with Crippen molar-refractivity contribution >= 4 is 42.8 Å². The largest absolute Gasteiger partial charge is 0.453 e. The van der Waals surface area contributed by atoms with Gasteiger partial charge in [0.05, 0.1) is 64.3 Å². The van der Waals surface area contributed by atoms with Gasteiger partial charge in [-0.3, -0.25) is 9.59 Å². The number of H-pyrrole nitrogens is 2. The van der Waals surface area contributed by atoms with Crippen LogP contribution in [-0.2, 0) is 23.8 Å². The Morgan fingerprint density at radius 3 is 1.84 bits per heavy atom. The number of methoxy groups -OCH3 is 3. The maximum absolute atomic E-state index is 13.9. The normalized spacial score (nSPS) is 18.8. The molecule has 5 aromatic rings. The smallest absolute Gasteiger partial charge is 0.407 e. The average molecular weight is 849 g/mol. The molecule has 16 heteroatoms.